The monoisotopic (exact) mass is 401 g/mol. The van der Waals surface area contributed by atoms with Crippen LogP contribution < -0.4 is 5.32 Å². The largest absolute Gasteiger partial charge is 0.507 e. The Kier molecular flexibility index (Phi) is 6.03. The Hall–Kier alpha value is -3.67. The molecule has 0 aliphatic carbocycles. The number of nitrogens with zero attached hydrogens (tertiary/aromatic N) is 2. The van der Waals surface area contributed by atoms with Crippen LogP contribution in [0, 0.1) is 0 Å². The average molecular weight is 401 g/mol. The number of aromatic nitrogens is 2. The van der Waals surface area contributed by atoms with Crippen LogP contribution in [0.3, 0.4) is 0 Å². The van der Waals surface area contributed by atoms with Gasteiger partial charge in [-0.05, 0) is 61.2 Å². The maximum Gasteiger partial charge on any atom is 0.255 e. The lowest BCUT2D eigenvalue weighted by atomic mass is 10.1. The highest BCUT2D eigenvalue weighted by Gasteiger charge is 2.10. The molecule has 1 amide bonds. The van der Waals surface area contributed by atoms with Gasteiger partial charge in [0.25, 0.3) is 5.91 Å². The number of carbonyl (C=O) groups excluding carboxylic acids is 1. The number of amides is 1. The molecule has 0 atom stereocenters. The molecule has 6 nitrogen and oxygen atoms in total. The lowest BCUT2D eigenvalue weighted by Crippen LogP contribution is -2.24. The smallest absolute Gasteiger partial charge is 0.255 e. The Balaban J connectivity index is 1.24. The second kappa shape index (κ2) is 9.22. The summed E-state index contributed by atoms with van der Waals surface area (Å²) in [5, 5.41) is 12.6. The number of phenols is 1. The zero-order chi connectivity index (χ0) is 20.8. The van der Waals surface area contributed by atoms with Crippen molar-refractivity contribution in [1.29, 1.82) is 0 Å². The number of fused-ring (bicyclic) bond motifs is 1. The van der Waals surface area contributed by atoms with Crippen molar-refractivity contribution in [2.75, 3.05) is 6.54 Å². The van der Waals surface area contributed by atoms with Crippen LogP contribution >= 0.6 is 0 Å². The summed E-state index contributed by atoms with van der Waals surface area (Å²) >= 11 is 0. The molecule has 152 valence electrons. The molecule has 0 saturated heterocycles. The van der Waals surface area contributed by atoms with E-state index in [0.717, 1.165) is 42.3 Å². The molecule has 0 aliphatic rings. The Morgan fingerprint density at radius 2 is 1.93 bits per heavy atom. The van der Waals surface area contributed by atoms with Gasteiger partial charge in [0.2, 0.25) is 5.89 Å². The van der Waals surface area contributed by atoms with E-state index >= 15 is 0 Å². The van der Waals surface area contributed by atoms with Crippen molar-refractivity contribution < 1.29 is 14.3 Å². The molecule has 0 unspecified atom stereocenters. The zero-order valence-corrected chi connectivity index (χ0v) is 16.5. The van der Waals surface area contributed by atoms with E-state index in [1.165, 1.54) is 11.6 Å². The number of oxazole rings is 1. The van der Waals surface area contributed by atoms with E-state index in [2.05, 4.69) is 27.4 Å². The van der Waals surface area contributed by atoms with Crippen LogP contribution in [0.4, 0.5) is 0 Å². The number of unbranched alkanes of at least 4 members (excludes halogenated alkanes) is 2. The number of benzene rings is 2. The van der Waals surface area contributed by atoms with Crippen molar-refractivity contribution in [2.45, 2.75) is 25.7 Å². The third kappa shape index (κ3) is 4.66. The van der Waals surface area contributed by atoms with Crippen LogP contribution in [0.2, 0.25) is 0 Å². The highest BCUT2D eigenvalue weighted by molar-refractivity contribution is 5.96. The molecule has 2 heterocycles. The number of pyridine rings is 1. The number of rotatable bonds is 8. The van der Waals surface area contributed by atoms with Gasteiger partial charge >= 0.3 is 0 Å². The van der Waals surface area contributed by atoms with E-state index in [9.17, 15) is 9.90 Å². The minimum Gasteiger partial charge on any atom is -0.507 e. The molecule has 0 spiro atoms. The van der Waals surface area contributed by atoms with Crippen LogP contribution in [0.1, 0.15) is 35.2 Å². The van der Waals surface area contributed by atoms with Crippen molar-refractivity contribution >= 4 is 17.0 Å². The van der Waals surface area contributed by atoms with Gasteiger partial charge in [-0.2, -0.15) is 0 Å². The van der Waals surface area contributed by atoms with Crippen molar-refractivity contribution in [2.24, 2.45) is 0 Å². The summed E-state index contributed by atoms with van der Waals surface area (Å²) in [5.74, 6) is 0.342. The third-order valence-electron chi connectivity index (χ3n) is 4.94. The maximum atomic E-state index is 12.1. The molecule has 0 fully saturated rings. The van der Waals surface area contributed by atoms with Gasteiger partial charge in [0.15, 0.2) is 5.58 Å². The van der Waals surface area contributed by atoms with Crippen molar-refractivity contribution in [3.8, 4) is 17.2 Å². The fraction of sp³-hybridized carbons (Fsp3) is 0.208. The summed E-state index contributed by atoms with van der Waals surface area (Å²) in [5.41, 5.74) is 4.00. The standard InChI is InChI=1S/C24H23N3O3/c28-21-10-4-3-9-19(21)23(29)26-14-5-1-2-7-17-11-12-22-20(15-17)27-24(30-22)18-8-6-13-25-16-18/h3-4,6,8-13,15-16,28H,1-2,5,7,14H2,(H,26,29). The minimum absolute atomic E-state index is 0.00457. The third-order valence-corrected chi connectivity index (χ3v) is 4.94. The number of aromatic hydroxyl groups is 1. The number of aryl methyl sites for hydroxylation is 1. The highest BCUT2D eigenvalue weighted by Crippen LogP contribution is 2.24. The number of nitrogens with one attached hydrogen (secondary N) is 1. The summed E-state index contributed by atoms with van der Waals surface area (Å²) < 4.78 is 5.82. The van der Waals surface area contributed by atoms with E-state index in [-0.39, 0.29) is 11.7 Å². The summed E-state index contributed by atoms with van der Waals surface area (Å²) in [7, 11) is 0. The molecule has 0 aliphatic heterocycles. The molecule has 2 aromatic carbocycles. The summed E-state index contributed by atoms with van der Waals surface area (Å²) in [6.45, 7) is 0.587. The van der Waals surface area contributed by atoms with E-state index in [1.807, 2.05) is 18.2 Å². The fourth-order valence-corrected chi connectivity index (χ4v) is 3.33. The van der Waals surface area contributed by atoms with E-state index < -0.39 is 0 Å². The zero-order valence-electron chi connectivity index (χ0n) is 16.5. The number of hydrogen-bond acceptors (Lipinski definition) is 5. The first-order valence-electron chi connectivity index (χ1n) is 10.1. The molecular weight excluding hydrogens is 378 g/mol. The normalized spacial score (nSPS) is 10.9. The van der Waals surface area contributed by atoms with Gasteiger partial charge in [0.1, 0.15) is 11.3 Å². The topological polar surface area (TPSA) is 88.3 Å². The molecule has 2 aromatic heterocycles. The van der Waals surface area contributed by atoms with Gasteiger partial charge in [0, 0.05) is 18.9 Å². The lowest BCUT2D eigenvalue weighted by molar-refractivity contribution is 0.0950. The Morgan fingerprint density at radius 3 is 2.77 bits per heavy atom. The number of carbonyl (C=O) groups is 1. The molecule has 4 rings (SSSR count). The van der Waals surface area contributed by atoms with Crippen molar-refractivity contribution in [3.05, 3.63) is 78.1 Å². The number of hydrogen-bond donors (Lipinski definition) is 2. The summed E-state index contributed by atoms with van der Waals surface area (Å²) in [4.78, 5) is 20.7. The van der Waals surface area contributed by atoms with E-state index in [1.54, 1.807) is 30.6 Å². The molecule has 0 radical (unpaired) electrons. The molecule has 30 heavy (non-hydrogen) atoms. The highest BCUT2D eigenvalue weighted by atomic mass is 16.3. The van der Waals surface area contributed by atoms with Crippen molar-refractivity contribution in [3.63, 3.8) is 0 Å². The van der Waals surface area contributed by atoms with Gasteiger partial charge in [-0.15, -0.1) is 0 Å². The van der Waals surface area contributed by atoms with E-state index in [4.69, 9.17) is 4.42 Å². The first kappa shape index (κ1) is 19.6. The quantitative estimate of drug-likeness (QED) is 0.417. The van der Waals surface area contributed by atoms with Crippen LogP contribution in [0.15, 0.2) is 71.4 Å². The van der Waals surface area contributed by atoms with Gasteiger partial charge in [-0.1, -0.05) is 24.6 Å². The first-order chi connectivity index (χ1) is 14.7. The second-order valence-electron chi connectivity index (χ2n) is 7.15. The van der Waals surface area contributed by atoms with Crippen LogP contribution in [-0.2, 0) is 6.42 Å². The molecule has 4 aromatic rings. The lowest BCUT2D eigenvalue weighted by Gasteiger charge is -2.06. The molecule has 2 N–H and O–H groups in total. The SMILES string of the molecule is O=C(NCCCCCc1ccc2oc(-c3cccnc3)nc2c1)c1ccccc1O. The van der Waals surface area contributed by atoms with Crippen LogP contribution in [0.5, 0.6) is 5.75 Å². The maximum absolute atomic E-state index is 12.1. The summed E-state index contributed by atoms with van der Waals surface area (Å²) in [6, 6.07) is 16.5. The van der Waals surface area contributed by atoms with E-state index in [0.29, 0.717) is 18.0 Å². The van der Waals surface area contributed by atoms with Gasteiger partial charge < -0.3 is 14.8 Å². The number of para-hydroxylation sites is 1. The van der Waals surface area contributed by atoms with Crippen molar-refractivity contribution in [1.82, 2.24) is 15.3 Å². The average Bonchev–Trinajstić information content (AvgIpc) is 3.20. The molecule has 0 saturated carbocycles. The molecule has 6 heteroatoms. The summed E-state index contributed by atoms with van der Waals surface area (Å²) in [6.07, 6.45) is 7.31. The Labute approximate surface area is 174 Å². The van der Waals surface area contributed by atoms with Gasteiger partial charge in [-0.3, -0.25) is 9.78 Å². The predicted octanol–water partition coefficient (Wildman–Crippen LogP) is 4.74. The van der Waals surface area contributed by atoms with Crippen LogP contribution in [0.25, 0.3) is 22.6 Å². The fourth-order valence-electron chi connectivity index (χ4n) is 3.33. The Bertz CT molecular complexity index is 1140. The number of phenolic OH excluding ortho intramolecular Hbond substituents is 1. The molecule has 0 bridgehead atoms. The Morgan fingerprint density at radius 1 is 1.03 bits per heavy atom. The first-order valence-corrected chi connectivity index (χ1v) is 10.1. The predicted molar refractivity (Wildman–Crippen MR) is 115 cm³/mol. The second-order valence-corrected chi connectivity index (χ2v) is 7.15. The van der Waals surface area contributed by atoms with Gasteiger partial charge in [-0.25, -0.2) is 4.98 Å². The minimum atomic E-state index is -0.242. The van der Waals surface area contributed by atoms with Gasteiger partial charge in [0.05, 0.1) is 11.1 Å². The molecular formula is C24H23N3O3. The van der Waals surface area contributed by atoms with Crippen LogP contribution in [-0.4, -0.2) is 27.5 Å².